The average Bonchev–Trinajstić information content (AvgIpc) is 2.16. The van der Waals surface area contributed by atoms with Crippen LogP contribution >= 0.6 is 0 Å². The molecule has 0 unspecified atom stereocenters. The summed E-state index contributed by atoms with van der Waals surface area (Å²) in [5.41, 5.74) is 3.39. The zero-order valence-electron chi connectivity index (χ0n) is 10.0. The molecule has 0 atom stereocenters. The molecule has 1 rings (SSSR count). The van der Waals surface area contributed by atoms with Gasteiger partial charge in [-0.05, 0) is 37.8 Å². The number of rotatable bonds is 5. The van der Waals surface area contributed by atoms with Crippen LogP contribution in [0.4, 0.5) is 0 Å². The van der Waals surface area contributed by atoms with E-state index in [2.05, 4.69) is 12.1 Å². The molecular formula is C13H18O3. The quantitative estimate of drug-likeness (QED) is 0.833. The molecule has 3 nitrogen and oxygen atoms in total. The standard InChI is InChI=1S/C13H18O3/c1-9-7-10(2)13(16-3)11(8-9)5-4-6-12(14)15/h7-8H,4-6H2,1-3H3,(H,14,15). The topological polar surface area (TPSA) is 46.5 Å². The van der Waals surface area contributed by atoms with Crippen LogP contribution in [0.3, 0.4) is 0 Å². The molecule has 0 saturated carbocycles. The number of benzene rings is 1. The number of hydrogen-bond acceptors (Lipinski definition) is 2. The van der Waals surface area contributed by atoms with E-state index >= 15 is 0 Å². The second-order valence-corrected chi connectivity index (χ2v) is 4.02. The average molecular weight is 222 g/mol. The lowest BCUT2D eigenvalue weighted by molar-refractivity contribution is -0.137. The minimum atomic E-state index is -0.747. The molecule has 1 aromatic rings. The van der Waals surface area contributed by atoms with Crippen molar-refractivity contribution in [2.45, 2.75) is 33.1 Å². The number of carboxylic acids is 1. The summed E-state index contributed by atoms with van der Waals surface area (Å²) in [7, 11) is 1.65. The van der Waals surface area contributed by atoms with E-state index in [1.807, 2.05) is 13.8 Å². The third-order valence-electron chi connectivity index (χ3n) is 2.54. The third kappa shape index (κ3) is 3.26. The predicted octanol–water partition coefficient (Wildman–Crippen LogP) is 2.72. The Kier molecular flexibility index (Phi) is 4.35. The maximum Gasteiger partial charge on any atom is 0.303 e. The van der Waals surface area contributed by atoms with Gasteiger partial charge in [0.05, 0.1) is 7.11 Å². The molecule has 88 valence electrons. The van der Waals surface area contributed by atoms with E-state index in [0.29, 0.717) is 6.42 Å². The van der Waals surface area contributed by atoms with E-state index in [-0.39, 0.29) is 6.42 Å². The number of carbonyl (C=O) groups is 1. The van der Waals surface area contributed by atoms with Gasteiger partial charge in [-0.15, -0.1) is 0 Å². The summed E-state index contributed by atoms with van der Waals surface area (Å²) in [6.45, 7) is 4.04. The first kappa shape index (κ1) is 12.6. The number of carboxylic acid groups (broad SMARTS) is 1. The smallest absolute Gasteiger partial charge is 0.303 e. The molecule has 0 amide bonds. The van der Waals surface area contributed by atoms with Crippen molar-refractivity contribution in [3.05, 3.63) is 28.8 Å². The van der Waals surface area contributed by atoms with Crippen molar-refractivity contribution in [3.8, 4) is 5.75 Å². The van der Waals surface area contributed by atoms with E-state index < -0.39 is 5.97 Å². The lowest BCUT2D eigenvalue weighted by atomic mass is 10.0. The maximum absolute atomic E-state index is 10.4. The van der Waals surface area contributed by atoms with Crippen LogP contribution in [0, 0.1) is 13.8 Å². The van der Waals surface area contributed by atoms with Gasteiger partial charge in [0, 0.05) is 6.42 Å². The minimum absolute atomic E-state index is 0.205. The van der Waals surface area contributed by atoms with Gasteiger partial charge in [-0.2, -0.15) is 0 Å². The minimum Gasteiger partial charge on any atom is -0.496 e. The van der Waals surface area contributed by atoms with Crippen LogP contribution in [-0.4, -0.2) is 18.2 Å². The van der Waals surface area contributed by atoms with E-state index in [1.54, 1.807) is 7.11 Å². The van der Waals surface area contributed by atoms with Gasteiger partial charge in [-0.25, -0.2) is 0 Å². The Labute approximate surface area is 96.1 Å². The van der Waals surface area contributed by atoms with Gasteiger partial charge in [-0.1, -0.05) is 17.7 Å². The molecule has 1 N–H and O–H groups in total. The Morgan fingerprint density at radius 3 is 2.62 bits per heavy atom. The lowest BCUT2D eigenvalue weighted by Gasteiger charge is -2.12. The number of methoxy groups -OCH3 is 1. The van der Waals surface area contributed by atoms with Gasteiger partial charge in [-0.3, -0.25) is 4.79 Å². The molecule has 0 saturated heterocycles. The molecule has 16 heavy (non-hydrogen) atoms. The van der Waals surface area contributed by atoms with Gasteiger partial charge in [0.1, 0.15) is 5.75 Å². The molecule has 0 heterocycles. The Morgan fingerprint density at radius 1 is 1.38 bits per heavy atom. The van der Waals surface area contributed by atoms with E-state index in [4.69, 9.17) is 9.84 Å². The van der Waals surface area contributed by atoms with Gasteiger partial charge in [0.2, 0.25) is 0 Å². The van der Waals surface area contributed by atoms with Crippen LogP contribution < -0.4 is 4.74 Å². The first-order chi connectivity index (χ1) is 7.54. The predicted molar refractivity (Wildman–Crippen MR) is 63.0 cm³/mol. The Morgan fingerprint density at radius 2 is 2.06 bits per heavy atom. The Hall–Kier alpha value is -1.51. The first-order valence-corrected chi connectivity index (χ1v) is 5.40. The van der Waals surface area contributed by atoms with Gasteiger partial charge in [0.25, 0.3) is 0 Å². The van der Waals surface area contributed by atoms with Crippen molar-refractivity contribution in [1.29, 1.82) is 0 Å². The highest BCUT2D eigenvalue weighted by Gasteiger charge is 2.08. The Balaban J connectivity index is 2.81. The summed E-state index contributed by atoms with van der Waals surface area (Å²) in [4.78, 5) is 10.4. The highest BCUT2D eigenvalue weighted by Crippen LogP contribution is 2.26. The number of aryl methyl sites for hydroxylation is 3. The van der Waals surface area contributed by atoms with E-state index in [9.17, 15) is 4.79 Å². The lowest BCUT2D eigenvalue weighted by Crippen LogP contribution is -1.99. The summed E-state index contributed by atoms with van der Waals surface area (Å²) >= 11 is 0. The molecule has 0 aromatic heterocycles. The van der Waals surface area contributed by atoms with Crippen LogP contribution in [0.5, 0.6) is 5.75 Å². The SMILES string of the molecule is COc1c(C)cc(C)cc1CCCC(=O)O. The second kappa shape index (κ2) is 5.54. The van der Waals surface area contributed by atoms with Gasteiger partial charge in [0.15, 0.2) is 0 Å². The summed E-state index contributed by atoms with van der Waals surface area (Å²) in [5.74, 6) is 0.138. The number of hydrogen-bond donors (Lipinski definition) is 1. The van der Waals surface area contributed by atoms with Crippen LogP contribution in [0.25, 0.3) is 0 Å². The summed E-state index contributed by atoms with van der Waals surface area (Å²) in [5, 5.41) is 8.60. The van der Waals surface area contributed by atoms with Crippen molar-refractivity contribution in [2.75, 3.05) is 7.11 Å². The third-order valence-corrected chi connectivity index (χ3v) is 2.54. The van der Waals surface area contributed by atoms with Gasteiger partial charge < -0.3 is 9.84 Å². The normalized spacial score (nSPS) is 10.2. The number of ether oxygens (including phenoxy) is 1. The molecule has 0 aliphatic heterocycles. The van der Waals surface area contributed by atoms with Crippen LogP contribution in [0.15, 0.2) is 12.1 Å². The molecule has 3 heteroatoms. The van der Waals surface area contributed by atoms with Gasteiger partial charge >= 0.3 is 5.97 Å². The summed E-state index contributed by atoms with van der Waals surface area (Å²) < 4.78 is 5.34. The Bertz CT molecular complexity index is 383. The summed E-state index contributed by atoms with van der Waals surface area (Å²) in [6.07, 6.45) is 1.60. The maximum atomic E-state index is 10.4. The highest BCUT2D eigenvalue weighted by atomic mass is 16.5. The molecule has 0 radical (unpaired) electrons. The fourth-order valence-electron chi connectivity index (χ4n) is 1.95. The van der Waals surface area contributed by atoms with E-state index in [0.717, 1.165) is 23.3 Å². The van der Waals surface area contributed by atoms with Crippen molar-refractivity contribution in [3.63, 3.8) is 0 Å². The molecular weight excluding hydrogens is 204 g/mol. The van der Waals surface area contributed by atoms with Crippen molar-refractivity contribution in [1.82, 2.24) is 0 Å². The zero-order valence-corrected chi connectivity index (χ0v) is 10.0. The van der Waals surface area contributed by atoms with Crippen LogP contribution in [-0.2, 0) is 11.2 Å². The zero-order chi connectivity index (χ0) is 12.1. The molecule has 1 aromatic carbocycles. The van der Waals surface area contributed by atoms with E-state index in [1.165, 1.54) is 5.56 Å². The molecule has 0 spiro atoms. The fraction of sp³-hybridized carbons (Fsp3) is 0.462. The first-order valence-electron chi connectivity index (χ1n) is 5.40. The number of aliphatic carboxylic acids is 1. The fourth-order valence-corrected chi connectivity index (χ4v) is 1.95. The highest BCUT2D eigenvalue weighted by molar-refractivity contribution is 5.66. The second-order valence-electron chi connectivity index (χ2n) is 4.02. The summed E-state index contributed by atoms with van der Waals surface area (Å²) in [6, 6.07) is 4.13. The molecule has 0 bridgehead atoms. The van der Waals surface area contributed by atoms with Crippen LogP contribution in [0.1, 0.15) is 29.5 Å². The molecule has 0 fully saturated rings. The monoisotopic (exact) mass is 222 g/mol. The van der Waals surface area contributed by atoms with Crippen molar-refractivity contribution < 1.29 is 14.6 Å². The van der Waals surface area contributed by atoms with Crippen molar-refractivity contribution in [2.24, 2.45) is 0 Å². The molecule has 0 aliphatic carbocycles. The largest absolute Gasteiger partial charge is 0.496 e. The van der Waals surface area contributed by atoms with Crippen LogP contribution in [0.2, 0.25) is 0 Å². The van der Waals surface area contributed by atoms with Crippen molar-refractivity contribution >= 4 is 5.97 Å². The molecule has 0 aliphatic rings.